The minimum absolute atomic E-state index is 0.0494. The first-order valence-electron chi connectivity index (χ1n) is 13.8. The van der Waals surface area contributed by atoms with E-state index in [1.54, 1.807) is 4.90 Å². The number of aryl methyl sites for hydroxylation is 2. The molecular weight excluding hydrogens is 492 g/mol. The van der Waals surface area contributed by atoms with Gasteiger partial charge in [-0.2, -0.15) is 5.10 Å². The lowest BCUT2D eigenvalue weighted by atomic mass is 9.86. The van der Waals surface area contributed by atoms with Crippen LogP contribution in [-0.4, -0.2) is 59.7 Å². The third-order valence-electron chi connectivity index (χ3n) is 8.63. The molecule has 200 valence electrons. The van der Waals surface area contributed by atoms with Gasteiger partial charge >= 0.3 is 6.09 Å². The fourth-order valence-corrected chi connectivity index (χ4v) is 6.32. The molecule has 2 fully saturated rings. The van der Waals surface area contributed by atoms with Gasteiger partial charge < -0.3 is 19.9 Å². The van der Waals surface area contributed by atoms with Crippen LogP contribution in [-0.2, 0) is 13.0 Å². The molecule has 2 amide bonds. The largest absolute Gasteiger partial charge is 0.465 e. The van der Waals surface area contributed by atoms with Crippen molar-refractivity contribution < 1.29 is 14.7 Å². The Hall–Kier alpha value is -4.14. The van der Waals surface area contributed by atoms with Gasteiger partial charge in [-0.15, -0.1) is 0 Å². The van der Waals surface area contributed by atoms with Crippen molar-refractivity contribution >= 4 is 23.0 Å². The van der Waals surface area contributed by atoms with Crippen molar-refractivity contribution in [2.24, 2.45) is 0 Å². The number of carbonyl (C=O) groups is 2. The van der Waals surface area contributed by atoms with Crippen molar-refractivity contribution in [3.63, 3.8) is 0 Å². The van der Waals surface area contributed by atoms with E-state index in [1.807, 2.05) is 35.1 Å². The Labute approximate surface area is 226 Å². The van der Waals surface area contributed by atoms with Gasteiger partial charge in [0, 0.05) is 54.7 Å². The van der Waals surface area contributed by atoms with Crippen LogP contribution in [0.3, 0.4) is 0 Å². The number of likely N-dealkylation sites (tertiary alicyclic amines) is 1. The van der Waals surface area contributed by atoms with Gasteiger partial charge in [-0.25, -0.2) is 9.78 Å². The molecule has 1 aromatic carbocycles. The number of rotatable bonds is 4. The molecule has 1 saturated carbocycles. The van der Waals surface area contributed by atoms with Crippen LogP contribution in [0.2, 0.25) is 0 Å². The topological polar surface area (TPSA) is 107 Å². The summed E-state index contributed by atoms with van der Waals surface area (Å²) >= 11 is 0. The zero-order valence-corrected chi connectivity index (χ0v) is 22.3. The maximum absolute atomic E-state index is 13.6. The number of carboxylic acid groups (broad SMARTS) is 1. The normalized spacial score (nSPS) is 19.1. The van der Waals surface area contributed by atoms with E-state index in [0.29, 0.717) is 37.8 Å². The number of fused-ring (bicyclic) bond motifs is 2. The fourth-order valence-electron chi connectivity index (χ4n) is 6.32. The van der Waals surface area contributed by atoms with Crippen LogP contribution >= 0.6 is 0 Å². The quantitative estimate of drug-likeness (QED) is 0.372. The van der Waals surface area contributed by atoms with Gasteiger partial charge in [0.2, 0.25) is 0 Å². The number of nitrogens with zero attached hydrogens (tertiary/aromatic N) is 5. The predicted molar refractivity (Wildman–Crippen MR) is 147 cm³/mol. The molecule has 5 heterocycles. The third kappa shape index (κ3) is 4.07. The number of benzene rings is 1. The summed E-state index contributed by atoms with van der Waals surface area (Å²) in [6.45, 7) is 5.60. The van der Waals surface area contributed by atoms with E-state index in [2.05, 4.69) is 40.2 Å². The van der Waals surface area contributed by atoms with E-state index in [-0.39, 0.29) is 11.9 Å². The van der Waals surface area contributed by atoms with Gasteiger partial charge in [0.15, 0.2) is 5.69 Å². The SMILES string of the molecule is Cc1cn(C2CC2)nc1C(=O)N1CCc2cc(-c3cnc4[nH]cc(C)c4c3)cc([C@@H]3CCCN3C(=O)O)c2C1. The van der Waals surface area contributed by atoms with Crippen molar-refractivity contribution in [3.05, 3.63) is 70.3 Å². The summed E-state index contributed by atoms with van der Waals surface area (Å²) in [5, 5.41) is 15.7. The molecule has 1 saturated heterocycles. The average Bonchev–Trinajstić information content (AvgIpc) is 3.35. The molecule has 9 nitrogen and oxygen atoms in total. The lowest BCUT2D eigenvalue weighted by Gasteiger charge is -2.33. The number of carbonyl (C=O) groups excluding carboxylic acids is 1. The van der Waals surface area contributed by atoms with Gasteiger partial charge in [-0.1, -0.05) is 6.07 Å². The molecule has 3 aliphatic rings. The summed E-state index contributed by atoms with van der Waals surface area (Å²) in [6, 6.07) is 6.69. The van der Waals surface area contributed by atoms with Crippen LogP contribution in [0.5, 0.6) is 0 Å². The third-order valence-corrected chi connectivity index (χ3v) is 8.63. The zero-order chi connectivity index (χ0) is 26.8. The second kappa shape index (κ2) is 8.97. The Morgan fingerprint density at radius 2 is 1.90 bits per heavy atom. The lowest BCUT2D eigenvalue weighted by molar-refractivity contribution is 0.0724. The first-order chi connectivity index (χ1) is 18.9. The molecule has 7 rings (SSSR count). The van der Waals surface area contributed by atoms with Gasteiger partial charge in [-0.05, 0) is 85.9 Å². The van der Waals surface area contributed by atoms with E-state index in [1.165, 1.54) is 5.56 Å². The summed E-state index contributed by atoms with van der Waals surface area (Å²) in [5.41, 5.74) is 8.73. The minimum atomic E-state index is -0.896. The first kappa shape index (κ1) is 23.9. The highest BCUT2D eigenvalue weighted by Crippen LogP contribution is 2.40. The van der Waals surface area contributed by atoms with E-state index in [4.69, 9.17) is 0 Å². The van der Waals surface area contributed by atoms with Gasteiger partial charge in [-0.3, -0.25) is 9.48 Å². The first-order valence-corrected chi connectivity index (χ1v) is 13.8. The lowest BCUT2D eigenvalue weighted by Crippen LogP contribution is -2.38. The van der Waals surface area contributed by atoms with Crippen molar-refractivity contribution in [3.8, 4) is 11.1 Å². The molecule has 9 heteroatoms. The van der Waals surface area contributed by atoms with E-state index in [9.17, 15) is 14.7 Å². The van der Waals surface area contributed by atoms with Crippen LogP contribution in [0.25, 0.3) is 22.2 Å². The average molecular weight is 525 g/mol. The Balaban J connectivity index is 1.29. The molecule has 1 aliphatic carbocycles. The standard InChI is InChI=1S/C30H32N6O3/c1-17-13-31-28-23(17)12-21(14-32-28)20-10-19-7-9-34(29(37)27-18(2)15-36(33-27)22-5-6-22)16-25(19)24(11-20)26-4-3-8-35(26)30(38)39/h10-15,22,26H,3-9,16H2,1-2H3,(H,31,32)(H,38,39)/t26-/m0/s1. The summed E-state index contributed by atoms with van der Waals surface area (Å²) in [4.78, 5) is 37.1. The highest BCUT2D eigenvalue weighted by Gasteiger charge is 2.35. The summed E-state index contributed by atoms with van der Waals surface area (Å²) in [5.74, 6) is -0.0494. The number of aromatic amines is 1. The number of hydrogen-bond acceptors (Lipinski definition) is 4. The van der Waals surface area contributed by atoms with E-state index < -0.39 is 6.09 Å². The van der Waals surface area contributed by atoms with Crippen molar-refractivity contribution in [1.29, 1.82) is 0 Å². The number of amides is 2. The second-order valence-electron chi connectivity index (χ2n) is 11.3. The smallest absolute Gasteiger partial charge is 0.407 e. The van der Waals surface area contributed by atoms with E-state index in [0.717, 1.165) is 70.1 Å². The monoisotopic (exact) mass is 524 g/mol. The van der Waals surface area contributed by atoms with Crippen LogP contribution in [0.4, 0.5) is 4.79 Å². The molecular formula is C30H32N6O3. The Morgan fingerprint density at radius 1 is 1.05 bits per heavy atom. The Kier molecular flexibility index (Phi) is 5.50. The van der Waals surface area contributed by atoms with Gasteiger partial charge in [0.1, 0.15) is 5.65 Å². The highest BCUT2D eigenvalue weighted by atomic mass is 16.4. The summed E-state index contributed by atoms with van der Waals surface area (Å²) in [6.07, 6.45) is 9.48. The van der Waals surface area contributed by atoms with Crippen LogP contribution in [0.1, 0.15) is 76.1 Å². The molecule has 4 aromatic rings. The number of hydrogen-bond donors (Lipinski definition) is 2. The second-order valence-corrected chi connectivity index (χ2v) is 11.3. The predicted octanol–water partition coefficient (Wildman–Crippen LogP) is 5.39. The molecule has 2 aliphatic heterocycles. The number of H-pyrrole nitrogens is 1. The molecule has 1 atom stereocenters. The molecule has 2 N–H and O–H groups in total. The molecule has 0 bridgehead atoms. The fraction of sp³-hybridized carbons (Fsp3) is 0.400. The molecule has 39 heavy (non-hydrogen) atoms. The number of nitrogens with one attached hydrogen (secondary N) is 1. The maximum Gasteiger partial charge on any atom is 0.407 e. The summed E-state index contributed by atoms with van der Waals surface area (Å²) in [7, 11) is 0. The van der Waals surface area contributed by atoms with E-state index >= 15 is 0 Å². The minimum Gasteiger partial charge on any atom is -0.465 e. The zero-order valence-electron chi connectivity index (χ0n) is 22.3. The highest BCUT2D eigenvalue weighted by molar-refractivity contribution is 5.94. The Bertz CT molecular complexity index is 1630. The molecule has 0 spiro atoms. The van der Waals surface area contributed by atoms with Gasteiger partial charge in [0.05, 0.1) is 12.1 Å². The molecule has 3 aromatic heterocycles. The molecule has 0 unspecified atom stereocenters. The van der Waals surface area contributed by atoms with Crippen molar-refractivity contribution in [2.45, 2.75) is 64.6 Å². The number of aromatic nitrogens is 4. The van der Waals surface area contributed by atoms with Crippen LogP contribution in [0, 0.1) is 13.8 Å². The molecule has 0 radical (unpaired) electrons. The number of pyridine rings is 1. The Morgan fingerprint density at radius 3 is 2.69 bits per heavy atom. The van der Waals surface area contributed by atoms with Crippen molar-refractivity contribution in [2.75, 3.05) is 13.1 Å². The van der Waals surface area contributed by atoms with Gasteiger partial charge in [0.25, 0.3) is 5.91 Å². The van der Waals surface area contributed by atoms with Crippen LogP contribution < -0.4 is 0 Å². The summed E-state index contributed by atoms with van der Waals surface area (Å²) < 4.78 is 1.94. The van der Waals surface area contributed by atoms with Crippen LogP contribution in [0.15, 0.2) is 36.8 Å². The maximum atomic E-state index is 13.6. The van der Waals surface area contributed by atoms with Crippen molar-refractivity contribution in [1.82, 2.24) is 29.5 Å².